The lowest BCUT2D eigenvalue weighted by Crippen LogP contribution is -2.23. The maximum atomic E-state index is 12.0. The molecule has 1 N–H and O–H groups in total. The fraction of sp³-hybridized carbons (Fsp3) is 0.333. The van der Waals surface area contributed by atoms with Crippen LogP contribution in [0.4, 0.5) is 5.69 Å². The summed E-state index contributed by atoms with van der Waals surface area (Å²) in [4.78, 5) is 18.2. The van der Waals surface area contributed by atoms with Crippen molar-refractivity contribution in [2.24, 2.45) is 0 Å². The predicted molar refractivity (Wildman–Crippen MR) is 77.9 cm³/mol. The van der Waals surface area contributed by atoms with Crippen molar-refractivity contribution < 1.29 is 9.21 Å². The first-order chi connectivity index (χ1) is 9.47. The second-order valence-corrected chi connectivity index (χ2v) is 4.87. The number of anilines is 1. The number of carbonyl (C=O) groups excluding carboxylic acids is 1. The number of amides is 1. The molecule has 1 heterocycles. The minimum atomic E-state index is -0.122. The summed E-state index contributed by atoms with van der Waals surface area (Å²) in [5, 5.41) is 2.83. The Morgan fingerprint density at radius 2 is 1.90 bits per heavy atom. The quantitative estimate of drug-likeness (QED) is 0.928. The molecule has 1 aromatic carbocycles. The molecule has 0 aliphatic carbocycles. The lowest BCUT2D eigenvalue weighted by Gasteiger charge is -2.12. The SMILES string of the molecule is Cc1nc(C)c(CNC(=O)c2ccc(N(C)C)cc2)o1. The van der Waals surface area contributed by atoms with Crippen molar-refractivity contribution in [1.82, 2.24) is 10.3 Å². The largest absolute Gasteiger partial charge is 0.444 e. The molecule has 5 heteroatoms. The number of benzene rings is 1. The van der Waals surface area contributed by atoms with Crippen molar-refractivity contribution in [2.45, 2.75) is 20.4 Å². The molecule has 0 unspecified atom stereocenters. The van der Waals surface area contributed by atoms with Crippen LogP contribution in [0.5, 0.6) is 0 Å². The van der Waals surface area contributed by atoms with Crippen molar-refractivity contribution >= 4 is 11.6 Å². The fourth-order valence-electron chi connectivity index (χ4n) is 1.91. The molecule has 106 valence electrons. The van der Waals surface area contributed by atoms with Crippen molar-refractivity contribution in [2.75, 3.05) is 19.0 Å². The van der Waals surface area contributed by atoms with Gasteiger partial charge in [-0.05, 0) is 31.2 Å². The van der Waals surface area contributed by atoms with E-state index in [0.717, 1.165) is 11.4 Å². The van der Waals surface area contributed by atoms with Crippen LogP contribution in [-0.2, 0) is 6.54 Å². The highest BCUT2D eigenvalue weighted by Gasteiger charge is 2.10. The average molecular weight is 273 g/mol. The number of carbonyl (C=O) groups is 1. The molecule has 2 aromatic rings. The fourth-order valence-corrected chi connectivity index (χ4v) is 1.91. The second kappa shape index (κ2) is 5.77. The first-order valence-corrected chi connectivity index (χ1v) is 6.46. The summed E-state index contributed by atoms with van der Waals surface area (Å²) in [6.45, 7) is 4.00. The van der Waals surface area contributed by atoms with Crippen LogP contribution in [0.1, 0.15) is 27.7 Å². The Balaban J connectivity index is 1.99. The first kappa shape index (κ1) is 14.1. The molecule has 2 rings (SSSR count). The van der Waals surface area contributed by atoms with Gasteiger partial charge in [-0.25, -0.2) is 4.98 Å². The van der Waals surface area contributed by atoms with Crippen LogP contribution >= 0.6 is 0 Å². The van der Waals surface area contributed by atoms with Gasteiger partial charge in [-0.15, -0.1) is 0 Å². The van der Waals surface area contributed by atoms with Crippen LogP contribution in [0.25, 0.3) is 0 Å². The lowest BCUT2D eigenvalue weighted by molar-refractivity contribution is 0.0948. The van der Waals surface area contributed by atoms with Gasteiger partial charge in [0, 0.05) is 32.3 Å². The third-order valence-corrected chi connectivity index (χ3v) is 3.05. The number of aromatic nitrogens is 1. The van der Waals surface area contributed by atoms with Gasteiger partial charge >= 0.3 is 0 Å². The molecule has 1 amide bonds. The van der Waals surface area contributed by atoms with E-state index in [-0.39, 0.29) is 5.91 Å². The van der Waals surface area contributed by atoms with Crippen LogP contribution in [0.15, 0.2) is 28.7 Å². The van der Waals surface area contributed by atoms with Crippen molar-refractivity contribution in [3.05, 3.63) is 47.2 Å². The van der Waals surface area contributed by atoms with Crippen molar-refractivity contribution in [1.29, 1.82) is 0 Å². The normalized spacial score (nSPS) is 10.4. The Morgan fingerprint density at radius 1 is 1.25 bits per heavy atom. The topological polar surface area (TPSA) is 58.4 Å². The van der Waals surface area contributed by atoms with Gasteiger partial charge in [-0.3, -0.25) is 4.79 Å². The number of oxazole rings is 1. The number of hydrogen-bond acceptors (Lipinski definition) is 4. The molecular formula is C15H19N3O2. The Labute approximate surface area is 118 Å². The van der Waals surface area contributed by atoms with Gasteiger partial charge in [-0.2, -0.15) is 0 Å². The summed E-state index contributed by atoms with van der Waals surface area (Å²) < 4.78 is 5.42. The lowest BCUT2D eigenvalue weighted by atomic mass is 10.2. The number of nitrogens with zero attached hydrogens (tertiary/aromatic N) is 2. The van der Waals surface area contributed by atoms with E-state index in [1.807, 2.05) is 50.2 Å². The molecule has 0 saturated heterocycles. The smallest absolute Gasteiger partial charge is 0.251 e. The summed E-state index contributed by atoms with van der Waals surface area (Å²) in [6, 6.07) is 7.45. The highest BCUT2D eigenvalue weighted by molar-refractivity contribution is 5.94. The zero-order valence-corrected chi connectivity index (χ0v) is 12.2. The number of rotatable bonds is 4. The molecule has 0 aliphatic heterocycles. The predicted octanol–water partition coefficient (Wildman–Crippen LogP) is 2.29. The Hall–Kier alpha value is -2.30. The Kier molecular flexibility index (Phi) is 4.08. The molecule has 1 aromatic heterocycles. The minimum Gasteiger partial charge on any atom is -0.444 e. The third-order valence-electron chi connectivity index (χ3n) is 3.05. The highest BCUT2D eigenvalue weighted by atomic mass is 16.4. The van der Waals surface area contributed by atoms with Gasteiger partial charge in [-0.1, -0.05) is 0 Å². The molecule has 0 bridgehead atoms. The van der Waals surface area contributed by atoms with Crippen molar-refractivity contribution in [3.63, 3.8) is 0 Å². The van der Waals surface area contributed by atoms with E-state index in [2.05, 4.69) is 10.3 Å². The van der Waals surface area contributed by atoms with E-state index in [4.69, 9.17) is 4.42 Å². The summed E-state index contributed by atoms with van der Waals surface area (Å²) in [5.41, 5.74) is 2.50. The zero-order chi connectivity index (χ0) is 14.7. The van der Waals surface area contributed by atoms with E-state index in [0.29, 0.717) is 23.8 Å². The second-order valence-electron chi connectivity index (χ2n) is 4.87. The maximum Gasteiger partial charge on any atom is 0.251 e. The summed E-state index contributed by atoms with van der Waals surface area (Å²) in [5.74, 6) is 1.19. The van der Waals surface area contributed by atoms with E-state index in [1.54, 1.807) is 6.92 Å². The highest BCUT2D eigenvalue weighted by Crippen LogP contribution is 2.13. The van der Waals surface area contributed by atoms with E-state index >= 15 is 0 Å². The van der Waals surface area contributed by atoms with Crippen LogP contribution in [0, 0.1) is 13.8 Å². The summed E-state index contributed by atoms with van der Waals surface area (Å²) in [6.07, 6.45) is 0. The maximum absolute atomic E-state index is 12.0. The molecule has 20 heavy (non-hydrogen) atoms. The van der Waals surface area contributed by atoms with E-state index in [9.17, 15) is 4.79 Å². The molecule has 0 aliphatic rings. The number of aryl methyl sites for hydroxylation is 2. The molecule has 0 fully saturated rings. The molecular weight excluding hydrogens is 254 g/mol. The van der Waals surface area contributed by atoms with Crippen LogP contribution in [-0.4, -0.2) is 25.0 Å². The Bertz CT molecular complexity index is 600. The molecule has 0 saturated carbocycles. The van der Waals surface area contributed by atoms with Gasteiger partial charge in [0.25, 0.3) is 5.91 Å². The van der Waals surface area contributed by atoms with Gasteiger partial charge in [0.2, 0.25) is 0 Å². The van der Waals surface area contributed by atoms with Crippen LogP contribution in [0.3, 0.4) is 0 Å². The monoisotopic (exact) mass is 273 g/mol. The summed E-state index contributed by atoms with van der Waals surface area (Å²) >= 11 is 0. The standard InChI is InChI=1S/C15H19N3O2/c1-10-14(20-11(2)17-10)9-16-15(19)12-5-7-13(8-6-12)18(3)4/h5-8H,9H2,1-4H3,(H,16,19). The first-order valence-electron chi connectivity index (χ1n) is 6.46. The molecule has 0 radical (unpaired) electrons. The molecule has 0 spiro atoms. The van der Waals surface area contributed by atoms with Gasteiger partial charge in [0.1, 0.15) is 5.76 Å². The van der Waals surface area contributed by atoms with Crippen LogP contribution < -0.4 is 10.2 Å². The minimum absolute atomic E-state index is 0.122. The van der Waals surface area contributed by atoms with Crippen LogP contribution in [0.2, 0.25) is 0 Å². The zero-order valence-electron chi connectivity index (χ0n) is 12.2. The Morgan fingerprint density at radius 3 is 2.40 bits per heavy atom. The number of nitrogens with one attached hydrogen (secondary N) is 1. The van der Waals surface area contributed by atoms with E-state index in [1.165, 1.54) is 0 Å². The molecule has 5 nitrogen and oxygen atoms in total. The van der Waals surface area contributed by atoms with Crippen molar-refractivity contribution in [3.8, 4) is 0 Å². The van der Waals surface area contributed by atoms with E-state index < -0.39 is 0 Å². The summed E-state index contributed by atoms with van der Waals surface area (Å²) in [7, 11) is 3.92. The molecule has 0 atom stereocenters. The van der Waals surface area contributed by atoms with Gasteiger partial charge in [0.05, 0.1) is 12.2 Å². The number of hydrogen-bond donors (Lipinski definition) is 1. The third kappa shape index (κ3) is 3.17. The average Bonchev–Trinajstić information content (AvgIpc) is 2.74. The van der Waals surface area contributed by atoms with Gasteiger partial charge < -0.3 is 14.6 Å². The van der Waals surface area contributed by atoms with Gasteiger partial charge in [0.15, 0.2) is 5.89 Å².